The Morgan fingerprint density at radius 2 is 1.89 bits per heavy atom. The lowest BCUT2D eigenvalue weighted by atomic mass is 9.95. The summed E-state index contributed by atoms with van der Waals surface area (Å²) in [4.78, 5) is 13.4. The van der Waals surface area contributed by atoms with E-state index in [0.717, 1.165) is 17.2 Å². The Kier molecular flexibility index (Phi) is 5.65. The molecule has 2 aliphatic carbocycles. The summed E-state index contributed by atoms with van der Waals surface area (Å²) in [6.07, 6.45) is 8.89. The molecule has 4 rings (SSSR count). The van der Waals surface area contributed by atoms with Gasteiger partial charge < -0.3 is 0 Å². The van der Waals surface area contributed by atoms with Crippen LogP contribution >= 0.6 is 23.4 Å². The maximum Gasteiger partial charge on any atom is 0.271 e. The van der Waals surface area contributed by atoms with Crippen LogP contribution in [-0.4, -0.2) is 12.1 Å². The van der Waals surface area contributed by atoms with E-state index in [2.05, 4.69) is 22.7 Å². The minimum atomic E-state index is -0.165. The number of hydrogen-bond donors (Lipinski definition) is 1. The minimum Gasteiger partial charge on any atom is -0.267 e. The van der Waals surface area contributed by atoms with Gasteiger partial charge in [-0.25, -0.2) is 5.43 Å². The molecule has 0 heterocycles. The largest absolute Gasteiger partial charge is 0.271 e. The van der Waals surface area contributed by atoms with Crippen molar-refractivity contribution in [2.45, 2.75) is 23.5 Å². The second kappa shape index (κ2) is 8.32. The van der Waals surface area contributed by atoms with Crippen LogP contribution < -0.4 is 5.43 Å². The van der Waals surface area contributed by atoms with Crippen molar-refractivity contribution in [2.24, 2.45) is 22.9 Å². The van der Waals surface area contributed by atoms with Gasteiger partial charge in [0.15, 0.2) is 0 Å². The van der Waals surface area contributed by atoms with Crippen molar-refractivity contribution >= 4 is 35.5 Å². The van der Waals surface area contributed by atoms with Crippen molar-refractivity contribution in [3.63, 3.8) is 0 Å². The van der Waals surface area contributed by atoms with Crippen molar-refractivity contribution < 1.29 is 4.79 Å². The predicted octanol–water partition coefficient (Wildman–Crippen LogP) is 5.56. The average Bonchev–Trinajstić information content (AvgIpc) is 3.31. The number of hydrogen-bond acceptors (Lipinski definition) is 3. The molecule has 1 saturated carbocycles. The molecule has 1 N–H and O–H groups in total. The Labute approximate surface area is 168 Å². The Bertz CT molecular complexity index is 861. The summed E-state index contributed by atoms with van der Waals surface area (Å²) in [7, 11) is 0. The van der Waals surface area contributed by atoms with Crippen LogP contribution in [0.2, 0.25) is 5.02 Å². The molecule has 2 aromatic rings. The number of rotatable bonds is 6. The minimum absolute atomic E-state index is 0.165. The molecular weight excluding hydrogens is 376 g/mol. The molecule has 0 saturated heterocycles. The fourth-order valence-corrected chi connectivity index (χ4v) is 4.68. The quantitative estimate of drug-likeness (QED) is 0.300. The third kappa shape index (κ3) is 4.63. The molecular formula is C22H21ClN2OS. The van der Waals surface area contributed by atoms with Crippen LogP contribution in [0, 0.1) is 17.8 Å². The molecule has 0 spiro atoms. The van der Waals surface area contributed by atoms with Crippen molar-refractivity contribution in [3.8, 4) is 0 Å². The topological polar surface area (TPSA) is 41.5 Å². The second-order valence-corrected chi connectivity index (χ2v) is 8.59. The number of carbonyl (C=O) groups is 1. The first-order valence-corrected chi connectivity index (χ1v) is 10.5. The molecule has 2 bridgehead atoms. The standard InChI is InChI=1S/C22H21ClN2OS/c23-20-7-9-21(10-8-20)27-14-15-1-4-17(5-2-15)22(26)25-24-13-19-12-16-3-6-18(19)11-16/h1-10,13,16,18-19H,11-12,14H2,(H,25,26). The lowest BCUT2D eigenvalue weighted by molar-refractivity contribution is 0.0955. The lowest BCUT2D eigenvalue weighted by Crippen LogP contribution is -2.19. The van der Waals surface area contributed by atoms with Gasteiger partial charge in [-0.1, -0.05) is 35.9 Å². The molecule has 1 fully saturated rings. The second-order valence-electron chi connectivity index (χ2n) is 7.10. The van der Waals surface area contributed by atoms with E-state index in [4.69, 9.17) is 11.6 Å². The highest BCUT2D eigenvalue weighted by molar-refractivity contribution is 7.98. The highest BCUT2D eigenvalue weighted by atomic mass is 35.5. The molecule has 3 atom stereocenters. The highest BCUT2D eigenvalue weighted by Gasteiger charge is 2.34. The molecule has 0 aromatic heterocycles. The van der Waals surface area contributed by atoms with Crippen LogP contribution in [0.1, 0.15) is 28.8 Å². The lowest BCUT2D eigenvalue weighted by Gasteiger charge is -2.11. The van der Waals surface area contributed by atoms with Gasteiger partial charge in [-0.2, -0.15) is 5.10 Å². The number of hydrazone groups is 1. The fraction of sp³-hybridized carbons (Fsp3) is 0.273. The number of halogens is 1. The van der Waals surface area contributed by atoms with Gasteiger partial charge in [0, 0.05) is 33.4 Å². The summed E-state index contributed by atoms with van der Waals surface area (Å²) in [5.41, 5.74) is 4.45. The number of nitrogens with zero attached hydrogens (tertiary/aromatic N) is 1. The molecule has 138 valence electrons. The summed E-state index contributed by atoms with van der Waals surface area (Å²) in [5.74, 6) is 2.46. The highest BCUT2D eigenvalue weighted by Crippen LogP contribution is 2.42. The molecule has 0 aliphatic heterocycles. The summed E-state index contributed by atoms with van der Waals surface area (Å²) < 4.78 is 0. The van der Waals surface area contributed by atoms with Crippen molar-refractivity contribution in [1.82, 2.24) is 5.43 Å². The summed E-state index contributed by atoms with van der Waals surface area (Å²) in [6.45, 7) is 0. The van der Waals surface area contributed by atoms with Gasteiger partial charge in [0.25, 0.3) is 5.91 Å². The van der Waals surface area contributed by atoms with E-state index in [9.17, 15) is 4.79 Å². The van der Waals surface area contributed by atoms with Crippen LogP contribution in [0.4, 0.5) is 0 Å². The van der Waals surface area contributed by atoms with E-state index in [-0.39, 0.29) is 5.91 Å². The first-order valence-electron chi connectivity index (χ1n) is 9.16. The zero-order valence-electron chi connectivity index (χ0n) is 14.8. The maximum atomic E-state index is 12.2. The maximum absolute atomic E-state index is 12.2. The molecule has 1 amide bonds. The summed E-state index contributed by atoms with van der Waals surface area (Å²) in [6, 6.07) is 15.5. The molecule has 0 radical (unpaired) electrons. The SMILES string of the molecule is O=C(NN=CC1CC2C=CC1C2)c1ccc(CSc2ccc(Cl)cc2)cc1. The van der Waals surface area contributed by atoms with Crippen LogP contribution in [0.25, 0.3) is 0 Å². The monoisotopic (exact) mass is 396 g/mol. The first-order chi connectivity index (χ1) is 13.2. The molecule has 5 heteroatoms. The van der Waals surface area contributed by atoms with Gasteiger partial charge in [-0.15, -0.1) is 11.8 Å². The Hall–Kier alpha value is -2.04. The van der Waals surface area contributed by atoms with Gasteiger partial charge in [0.2, 0.25) is 0 Å². The van der Waals surface area contributed by atoms with E-state index in [1.54, 1.807) is 11.8 Å². The predicted molar refractivity (Wildman–Crippen MR) is 112 cm³/mol. The Morgan fingerprint density at radius 1 is 1.11 bits per heavy atom. The fourth-order valence-electron chi connectivity index (χ4n) is 3.70. The number of fused-ring (bicyclic) bond motifs is 2. The van der Waals surface area contributed by atoms with E-state index in [1.807, 2.05) is 54.7 Å². The summed E-state index contributed by atoms with van der Waals surface area (Å²) >= 11 is 7.65. The van der Waals surface area contributed by atoms with Gasteiger partial charge >= 0.3 is 0 Å². The van der Waals surface area contributed by atoms with E-state index >= 15 is 0 Å². The van der Waals surface area contributed by atoms with Crippen LogP contribution in [0.3, 0.4) is 0 Å². The number of thioether (sulfide) groups is 1. The number of amides is 1. The van der Waals surface area contributed by atoms with Gasteiger partial charge in [-0.3, -0.25) is 4.79 Å². The zero-order chi connectivity index (χ0) is 18.6. The first kappa shape index (κ1) is 18.3. The average molecular weight is 397 g/mol. The molecule has 2 aromatic carbocycles. The smallest absolute Gasteiger partial charge is 0.267 e. The molecule has 3 nitrogen and oxygen atoms in total. The number of carbonyl (C=O) groups excluding carboxylic acids is 1. The van der Waals surface area contributed by atoms with Gasteiger partial charge in [-0.05, 0) is 66.6 Å². The zero-order valence-corrected chi connectivity index (χ0v) is 16.4. The van der Waals surface area contributed by atoms with Crippen molar-refractivity contribution in [3.05, 3.63) is 76.8 Å². The van der Waals surface area contributed by atoms with Crippen LogP contribution in [0.15, 0.2) is 70.7 Å². The number of allylic oxidation sites excluding steroid dienone is 2. The van der Waals surface area contributed by atoms with Crippen LogP contribution in [0.5, 0.6) is 0 Å². The molecule has 2 aliphatic rings. The Morgan fingerprint density at radius 3 is 2.56 bits per heavy atom. The van der Waals surface area contributed by atoms with Crippen LogP contribution in [-0.2, 0) is 5.75 Å². The summed E-state index contributed by atoms with van der Waals surface area (Å²) in [5, 5.41) is 4.93. The van der Waals surface area contributed by atoms with Gasteiger partial charge in [0.1, 0.15) is 0 Å². The molecule has 3 unspecified atom stereocenters. The Balaban J connectivity index is 1.27. The van der Waals surface area contributed by atoms with E-state index in [0.29, 0.717) is 23.3 Å². The normalized spacial score (nSPS) is 23.2. The third-order valence-electron chi connectivity index (χ3n) is 5.20. The van der Waals surface area contributed by atoms with E-state index in [1.165, 1.54) is 16.9 Å². The van der Waals surface area contributed by atoms with Crippen molar-refractivity contribution in [1.29, 1.82) is 0 Å². The van der Waals surface area contributed by atoms with Gasteiger partial charge in [0.05, 0.1) is 0 Å². The van der Waals surface area contributed by atoms with E-state index < -0.39 is 0 Å². The number of benzene rings is 2. The number of nitrogens with one attached hydrogen (secondary N) is 1. The third-order valence-corrected chi connectivity index (χ3v) is 6.53. The van der Waals surface area contributed by atoms with Crippen molar-refractivity contribution in [2.75, 3.05) is 0 Å². The molecule has 27 heavy (non-hydrogen) atoms.